The van der Waals surface area contributed by atoms with Crippen molar-refractivity contribution in [1.29, 1.82) is 0 Å². The highest BCUT2D eigenvalue weighted by Gasteiger charge is 2.21. The van der Waals surface area contributed by atoms with Crippen LogP contribution in [0.1, 0.15) is 39.2 Å². The van der Waals surface area contributed by atoms with E-state index in [4.69, 9.17) is 11.6 Å². The molecule has 0 amide bonds. The van der Waals surface area contributed by atoms with Gasteiger partial charge in [0.2, 0.25) is 0 Å². The lowest BCUT2D eigenvalue weighted by Crippen LogP contribution is -2.47. The minimum Gasteiger partial charge on any atom is -0.312 e. The van der Waals surface area contributed by atoms with Crippen LogP contribution in [-0.2, 0) is 6.54 Å². The summed E-state index contributed by atoms with van der Waals surface area (Å²) in [5.74, 6) is 0. The average molecular weight is 295 g/mol. The highest BCUT2D eigenvalue weighted by molar-refractivity contribution is 6.31. The number of nitrogens with zero attached hydrogens (tertiary/aromatic N) is 1. The summed E-state index contributed by atoms with van der Waals surface area (Å²) in [6.45, 7) is 11.2. The van der Waals surface area contributed by atoms with Crippen molar-refractivity contribution in [2.24, 2.45) is 5.41 Å². The topological polar surface area (TPSA) is 15.3 Å². The molecule has 0 spiro atoms. The third-order valence-corrected chi connectivity index (χ3v) is 4.15. The lowest BCUT2D eigenvalue weighted by molar-refractivity contribution is 0.175. The van der Waals surface area contributed by atoms with E-state index in [-0.39, 0.29) is 0 Å². The molecule has 1 heterocycles. The monoisotopic (exact) mass is 294 g/mol. The van der Waals surface area contributed by atoms with Crippen molar-refractivity contribution < 1.29 is 0 Å². The normalized spacial score (nSPS) is 21.1. The van der Waals surface area contributed by atoms with Crippen molar-refractivity contribution in [2.75, 3.05) is 19.6 Å². The van der Waals surface area contributed by atoms with Gasteiger partial charge in [0.1, 0.15) is 0 Å². The maximum absolute atomic E-state index is 6.26. The van der Waals surface area contributed by atoms with E-state index in [2.05, 4.69) is 43.1 Å². The molecule has 0 aliphatic carbocycles. The van der Waals surface area contributed by atoms with Crippen molar-refractivity contribution in [3.8, 4) is 0 Å². The summed E-state index contributed by atoms with van der Waals surface area (Å²) in [5.41, 5.74) is 1.59. The van der Waals surface area contributed by atoms with Crippen molar-refractivity contribution in [2.45, 2.75) is 46.2 Å². The summed E-state index contributed by atoms with van der Waals surface area (Å²) in [6.07, 6.45) is 2.56. The summed E-state index contributed by atoms with van der Waals surface area (Å²) in [6, 6.07) is 8.80. The molecule has 1 saturated heterocycles. The van der Waals surface area contributed by atoms with Crippen LogP contribution >= 0.6 is 11.6 Å². The second-order valence-corrected chi connectivity index (χ2v) is 7.51. The summed E-state index contributed by atoms with van der Waals surface area (Å²) in [7, 11) is 0. The lowest BCUT2D eigenvalue weighted by Gasteiger charge is -2.35. The molecule has 0 radical (unpaired) electrons. The van der Waals surface area contributed by atoms with E-state index in [1.54, 1.807) is 0 Å². The van der Waals surface area contributed by atoms with E-state index in [9.17, 15) is 0 Å². The fourth-order valence-corrected chi connectivity index (χ4v) is 2.88. The van der Waals surface area contributed by atoms with Gasteiger partial charge in [-0.2, -0.15) is 0 Å². The van der Waals surface area contributed by atoms with Gasteiger partial charge in [0.15, 0.2) is 0 Å². The van der Waals surface area contributed by atoms with Gasteiger partial charge in [0, 0.05) is 30.7 Å². The van der Waals surface area contributed by atoms with Crippen LogP contribution in [-0.4, -0.2) is 30.6 Å². The van der Waals surface area contributed by atoms with Gasteiger partial charge in [-0.25, -0.2) is 0 Å². The number of halogens is 1. The minimum atomic E-state index is 0.352. The van der Waals surface area contributed by atoms with E-state index < -0.39 is 0 Å². The molecular weight excluding hydrogens is 268 g/mol. The van der Waals surface area contributed by atoms with Crippen LogP contribution in [0.25, 0.3) is 0 Å². The standard InChI is InChI=1S/C17H27ClN2/c1-17(2,3)13-19-15-8-6-10-20(12-15)11-14-7-4-5-9-16(14)18/h4-5,7,9,15,19H,6,8,10-13H2,1-3H3. The smallest absolute Gasteiger partial charge is 0.0451 e. The fourth-order valence-electron chi connectivity index (χ4n) is 2.68. The molecular formula is C17H27ClN2. The van der Waals surface area contributed by atoms with Crippen LogP contribution in [0.5, 0.6) is 0 Å². The Morgan fingerprint density at radius 2 is 2.05 bits per heavy atom. The summed E-state index contributed by atoms with van der Waals surface area (Å²) in [4.78, 5) is 2.52. The second kappa shape index (κ2) is 6.93. The van der Waals surface area contributed by atoms with Gasteiger partial charge < -0.3 is 5.32 Å². The zero-order valence-corrected chi connectivity index (χ0v) is 13.7. The Kier molecular flexibility index (Phi) is 5.48. The van der Waals surface area contributed by atoms with Gasteiger partial charge >= 0.3 is 0 Å². The lowest BCUT2D eigenvalue weighted by atomic mass is 9.95. The van der Waals surface area contributed by atoms with Crippen LogP contribution in [0.2, 0.25) is 5.02 Å². The first-order chi connectivity index (χ1) is 9.44. The quantitative estimate of drug-likeness (QED) is 0.905. The molecule has 1 N–H and O–H groups in total. The van der Waals surface area contributed by atoms with Crippen LogP contribution in [0.3, 0.4) is 0 Å². The van der Waals surface area contributed by atoms with Crippen molar-refractivity contribution >= 4 is 11.6 Å². The number of benzene rings is 1. The Labute approximate surface area is 128 Å². The Morgan fingerprint density at radius 3 is 2.75 bits per heavy atom. The highest BCUT2D eigenvalue weighted by atomic mass is 35.5. The summed E-state index contributed by atoms with van der Waals surface area (Å²) < 4.78 is 0. The van der Waals surface area contributed by atoms with Gasteiger partial charge in [-0.05, 0) is 36.4 Å². The van der Waals surface area contributed by atoms with Gasteiger partial charge in [0.05, 0.1) is 0 Å². The molecule has 1 fully saturated rings. The number of rotatable bonds is 4. The van der Waals surface area contributed by atoms with Crippen molar-refractivity contribution in [1.82, 2.24) is 10.2 Å². The Bertz CT molecular complexity index is 425. The summed E-state index contributed by atoms with van der Waals surface area (Å²) in [5, 5.41) is 4.60. The molecule has 1 aliphatic heterocycles. The van der Waals surface area contributed by atoms with E-state index in [0.717, 1.165) is 24.7 Å². The van der Waals surface area contributed by atoms with E-state index in [1.807, 2.05) is 12.1 Å². The summed E-state index contributed by atoms with van der Waals surface area (Å²) >= 11 is 6.26. The molecule has 0 saturated carbocycles. The molecule has 2 rings (SSSR count). The molecule has 1 aromatic rings. The molecule has 20 heavy (non-hydrogen) atoms. The minimum absolute atomic E-state index is 0.352. The predicted octanol–water partition coefficient (Wildman–Crippen LogP) is 3.94. The van der Waals surface area contributed by atoms with E-state index in [0.29, 0.717) is 11.5 Å². The zero-order valence-electron chi connectivity index (χ0n) is 13.0. The Hall–Kier alpha value is -0.570. The largest absolute Gasteiger partial charge is 0.312 e. The maximum Gasteiger partial charge on any atom is 0.0451 e. The molecule has 1 aliphatic rings. The Morgan fingerprint density at radius 1 is 1.30 bits per heavy atom. The van der Waals surface area contributed by atoms with Gasteiger partial charge in [-0.15, -0.1) is 0 Å². The second-order valence-electron chi connectivity index (χ2n) is 7.11. The first-order valence-electron chi connectivity index (χ1n) is 7.63. The first kappa shape index (κ1) is 15.8. The zero-order chi connectivity index (χ0) is 14.6. The third-order valence-electron chi connectivity index (χ3n) is 3.78. The SMILES string of the molecule is CC(C)(C)CNC1CCCN(Cc2ccccc2Cl)C1. The number of nitrogens with one attached hydrogen (secondary N) is 1. The van der Waals surface area contributed by atoms with Crippen LogP contribution in [0, 0.1) is 5.41 Å². The fraction of sp³-hybridized carbons (Fsp3) is 0.647. The average Bonchev–Trinajstić information content (AvgIpc) is 2.39. The maximum atomic E-state index is 6.26. The van der Waals surface area contributed by atoms with E-state index >= 15 is 0 Å². The van der Waals surface area contributed by atoms with Crippen LogP contribution in [0.15, 0.2) is 24.3 Å². The number of hydrogen-bond acceptors (Lipinski definition) is 2. The van der Waals surface area contributed by atoms with E-state index in [1.165, 1.54) is 24.9 Å². The third kappa shape index (κ3) is 5.08. The molecule has 2 nitrogen and oxygen atoms in total. The van der Waals surface area contributed by atoms with Gasteiger partial charge in [0.25, 0.3) is 0 Å². The molecule has 112 valence electrons. The molecule has 1 aromatic carbocycles. The predicted molar refractivity (Wildman–Crippen MR) is 87.2 cm³/mol. The van der Waals surface area contributed by atoms with Gasteiger partial charge in [-0.3, -0.25) is 4.90 Å². The molecule has 0 bridgehead atoms. The molecule has 0 aromatic heterocycles. The van der Waals surface area contributed by atoms with Crippen molar-refractivity contribution in [3.63, 3.8) is 0 Å². The van der Waals surface area contributed by atoms with Gasteiger partial charge in [-0.1, -0.05) is 50.6 Å². The molecule has 3 heteroatoms. The highest BCUT2D eigenvalue weighted by Crippen LogP contribution is 2.20. The number of likely N-dealkylation sites (tertiary alicyclic amines) is 1. The van der Waals surface area contributed by atoms with Crippen molar-refractivity contribution in [3.05, 3.63) is 34.9 Å². The van der Waals surface area contributed by atoms with Crippen LogP contribution in [0.4, 0.5) is 0 Å². The molecule has 1 atom stereocenters. The Balaban J connectivity index is 1.86. The van der Waals surface area contributed by atoms with Crippen LogP contribution < -0.4 is 5.32 Å². The first-order valence-corrected chi connectivity index (χ1v) is 8.01. The number of piperidine rings is 1. The molecule has 1 unspecified atom stereocenters. The number of hydrogen-bond donors (Lipinski definition) is 1.